The van der Waals surface area contributed by atoms with Crippen molar-refractivity contribution >= 4 is 22.6 Å². The number of amides is 1. The second kappa shape index (κ2) is 9.03. The molecule has 1 amide bonds. The lowest BCUT2D eigenvalue weighted by Crippen LogP contribution is -2.24. The minimum Gasteiger partial charge on any atom is -0.457 e. The van der Waals surface area contributed by atoms with Crippen molar-refractivity contribution in [3.63, 3.8) is 0 Å². The number of nitrogens with one attached hydrogen (secondary N) is 1. The Morgan fingerprint density at radius 1 is 1.11 bits per heavy atom. The van der Waals surface area contributed by atoms with Crippen molar-refractivity contribution in [2.24, 2.45) is 0 Å². The summed E-state index contributed by atoms with van der Waals surface area (Å²) >= 11 is 0. The van der Waals surface area contributed by atoms with E-state index in [4.69, 9.17) is 10.5 Å². The third kappa shape index (κ3) is 5.20. The number of nitrogen functional groups attached to an aromatic ring is 1. The Kier molecular flexibility index (Phi) is 6.26. The molecule has 0 atom stereocenters. The third-order valence-corrected chi connectivity index (χ3v) is 4.35. The van der Waals surface area contributed by atoms with E-state index < -0.39 is 0 Å². The average Bonchev–Trinajstić information content (AvgIpc) is 2.67. The summed E-state index contributed by atoms with van der Waals surface area (Å²) in [5, 5.41) is 3.87. The van der Waals surface area contributed by atoms with Gasteiger partial charge >= 0.3 is 0 Å². The number of hydrogen-bond donors (Lipinski definition) is 2. The number of carbonyl (C=O) groups excluding carboxylic acids is 1. The minimum absolute atomic E-state index is 0.0455. The molecule has 5 nitrogen and oxygen atoms in total. The monoisotopic (exact) mass is 363 g/mol. The highest BCUT2D eigenvalue weighted by atomic mass is 16.5. The van der Waals surface area contributed by atoms with Crippen molar-refractivity contribution in [1.82, 2.24) is 10.3 Å². The highest BCUT2D eigenvalue weighted by Gasteiger charge is 2.08. The smallest absolute Gasteiger partial charge is 0.220 e. The first kappa shape index (κ1) is 18.7. The van der Waals surface area contributed by atoms with E-state index in [9.17, 15) is 4.79 Å². The summed E-state index contributed by atoms with van der Waals surface area (Å²) in [6.07, 6.45) is 3.03. The van der Waals surface area contributed by atoms with Crippen LogP contribution in [-0.4, -0.2) is 17.4 Å². The van der Waals surface area contributed by atoms with Crippen LogP contribution in [0.5, 0.6) is 11.5 Å². The lowest BCUT2D eigenvalue weighted by molar-refractivity contribution is -0.121. The largest absolute Gasteiger partial charge is 0.457 e. The van der Waals surface area contributed by atoms with Crippen LogP contribution in [0.25, 0.3) is 10.9 Å². The Hall–Kier alpha value is -3.08. The molecule has 3 aromatic rings. The quantitative estimate of drug-likeness (QED) is 0.579. The van der Waals surface area contributed by atoms with Gasteiger partial charge in [0.15, 0.2) is 0 Å². The number of unbranched alkanes of at least 4 members (excludes halogenated alkanes) is 1. The van der Waals surface area contributed by atoms with Crippen LogP contribution >= 0.6 is 0 Å². The highest BCUT2D eigenvalue weighted by molar-refractivity contribution is 5.83. The summed E-state index contributed by atoms with van der Waals surface area (Å²) in [6, 6.07) is 17.3. The highest BCUT2D eigenvalue weighted by Crippen LogP contribution is 2.27. The molecule has 1 aromatic heterocycles. The zero-order valence-corrected chi connectivity index (χ0v) is 15.6. The van der Waals surface area contributed by atoms with Gasteiger partial charge < -0.3 is 15.8 Å². The molecule has 0 aliphatic carbocycles. The second-order valence-corrected chi connectivity index (χ2v) is 6.51. The van der Waals surface area contributed by atoms with Crippen molar-refractivity contribution in [2.45, 2.75) is 32.6 Å². The Bertz CT molecular complexity index is 910. The van der Waals surface area contributed by atoms with Crippen LogP contribution in [0.2, 0.25) is 0 Å². The van der Waals surface area contributed by atoms with Crippen molar-refractivity contribution in [3.05, 3.63) is 60.2 Å². The maximum Gasteiger partial charge on any atom is 0.220 e. The lowest BCUT2D eigenvalue weighted by Gasteiger charge is -2.10. The molecule has 0 aliphatic rings. The molecule has 27 heavy (non-hydrogen) atoms. The molecule has 0 saturated heterocycles. The van der Waals surface area contributed by atoms with E-state index in [2.05, 4.69) is 17.2 Å². The number of aromatic nitrogens is 1. The van der Waals surface area contributed by atoms with E-state index in [1.807, 2.05) is 54.6 Å². The van der Waals surface area contributed by atoms with Crippen molar-refractivity contribution in [3.8, 4) is 11.5 Å². The van der Waals surface area contributed by atoms with Crippen LogP contribution in [-0.2, 0) is 11.2 Å². The van der Waals surface area contributed by atoms with E-state index in [1.165, 1.54) is 0 Å². The second-order valence-electron chi connectivity index (χ2n) is 6.51. The zero-order valence-electron chi connectivity index (χ0n) is 15.6. The summed E-state index contributed by atoms with van der Waals surface area (Å²) in [4.78, 5) is 16.4. The minimum atomic E-state index is 0.0455. The summed E-state index contributed by atoms with van der Waals surface area (Å²) in [6.45, 7) is 2.82. The molecule has 2 aromatic carbocycles. The molecule has 0 spiro atoms. The van der Waals surface area contributed by atoms with Gasteiger partial charge in [0.25, 0.3) is 0 Å². The summed E-state index contributed by atoms with van der Waals surface area (Å²) < 4.78 is 5.89. The van der Waals surface area contributed by atoms with Gasteiger partial charge in [-0.2, -0.15) is 0 Å². The summed E-state index contributed by atoms with van der Waals surface area (Å²) in [5.74, 6) is 2.04. The topological polar surface area (TPSA) is 77.2 Å². The van der Waals surface area contributed by atoms with E-state index in [1.54, 1.807) is 0 Å². The van der Waals surface area contributed by atoms with Gasteiger partial charge in [0.1, 0.15) is 17.3 Å². The van der Waals surface area contributed by atoms with Crippen molar-refractivity contribution in [2.75, 3.05) is 12.3 Å². The summed E-state index contributed by atoms with van der Waals surface area (Å²) in [7, 11) is 0. The number of hydrogen-bond acceptors (Lipinski definition) is 4. The van der Waals surface area contributed by atoms with E-state index in [0.29, 0.717) is 18.7 Å². The van der Waals surface area contributed by atoms with Crippen LogP contribution in [0.4, 0.5) is 5.82 Å². The number of anilines is 1. The molecule has 3 N–H and O–H groups in total. The zero-order chi connectivity index (χ0) is 19.1. The number of nitrogens with zero attached hydrogens (tertiary/aromatic N) is 1. The summed E-state index contributed by atoms with van der Waals surface area (Å²) in [5.41, 5.74) is 7.77. The third-order valence-electron chi connectivity index (χ3n) is 4.35. The average molecular weight is 363 g/mol. The maximum absolute atomic E-state index is 11.9. The van der Waals surface area contributed by atoms with Crippen LogP contribution < -0.4 is 15.8 Å². The molecule has 0 unspecified atom stereocenters. The van der Waals surface area contributed by atoms with Gasteiger partial charge in [0.05, 0.1) is 5.52 Å². The predicted molar refractivity (Wildman–Crippen MR) is 109 cm³/mol. The lowest BCUT2D eigenvalue weighted by atomic mass is 10.1. The number of carbonyl (C=O) groups is 1. The molecule has 0 saturated carbocycles. The number of ether oxygens (including phenoxy) is 1. The number of para-hydroxylation sites is 1. The van der Waals surface area contributed by atoms with Crippen molar-refractivity contribution in [1.29, 1.82) is 0 Å². The van der Waals surface area contributed by atoms with Crippen LogP contribution in [0, 0.1) is 0 Å². The molecule has 0 fully saturated rings. The Morgan fingerprint density at radius 3 is 2.70 bits per heavy atom. The van der Waals surface area contributed by atoms with Crippen LogP contribution in [0.15, 0.2) is 54.6 Å². The number of aryl methyl sites for hydroxylation is 1. The molecular weight excluding hydrogens is 338 g/mol. The van der Waals surface area contributed by atoms with E-state index in [0.717, 1.165) is 47.4 Å². The number of nitrogens with two attached hydrogens (primary N) is 1. The molecule has 5 heteroatoms. The van der Waals surface area contributed by atoms with Crippen LogP contribution in [0.1, 0.15) is 31.7 Å². The Labute approximate surface area is 159 Å². The Balaban J connectivity index is 1.72. The van der Waals surface area contributed by atoms with E-state index in [-0.39, 0.29) is 5.91 Å². The van der Waals surface area contributed by atoms with Gasteiger partial charge in [-0.25, -0.2) is 4.98 Å². The predicted octanol–water partition coefficient (Wildman–Crippen LogP) is 4.46. The molecule has 0 radical (unpaired) electrons. The van der Waals surface area contributed by atoms with Gasteiger partial charge in [0.2, 0.25) is 5.91 Å². The molecule has 1 heterocycles. The van der Waals surface area contributed by atoms with Crippen molar-refractivity contribution < 1.29 is 9.53 Å². The van der Waals surface area contributed by atoms with Crippen LogP contribution in [0.3, 0.4) is 0 Å². The number of fused-ring (bicyclic) bond motifs is 1. The Morgan fingerprint density at radius 2 is 1.93 bits per heavy atom. The number of pyridine rings is 1. The number of benzene rings is 2. The first-order valence-corrected chi connectivity index (χ1v) is 9.34. The fraction of sp³-hybridized carbons (Fsp3) is 0.273. The van der Waals surface area contributed by atoms with Gasteiger partial charge in [-0.05, 0) is 54.8 Å². The molecule has 3 rings (SSSR count). The van der Waals surface area contributed by atoms with Gasteiger partial charge in [-0.1, -0.05) is 31.5 Å². The molecular formula is C22H25N3O2. The first-order valence-electron chi connectivity index (χ1n) is 9.34. The van der Waals surface area contributed by atoms with E-state index >= 15 is 0 Å². The van der Waals surface area contributed by atoms with Gasteiger partial charge in [-0.15, -0.1) is 0 Å². The first-order chi connectivity index (χ1) is 13.2. The fourth-order valence-corrected chi connectivity index (χ4v) is 2.84. The van der Waals surface area contributed by atoms with Gasteiger partial charge in [0, 0.05) is 18.4 Å². The fourth-order valence-electron chi connectivity index (χ4n) is 2.84. The maximum atomic E-state index is 11.9. The normalized spacial score (nSPS) is 10.7. The van der Waals surface area contributed by atoms with Gasteiger partial charge in [-0.3, -0.25) is 4.79 Å². The SMILES string of the molecule is CCCCNC(=O)CCc1cc2cc(Oc3ccccc3)ccc2nc1N. The molecule has 140 valence electrons. The standard InChI is InChI=1S/C22H25N3O2/c1-2-3-13-24-21(26)12-9-16-14-17-15-19(10-11-20(17)25-22(16)23)27-18-7-5-4-6-8-18/h4-8,10-11,14-15H,2-3,9,12-13H2,1H3,(H2,23,25)(H,24,26). The molecule has 0 aliphatic heterocycles. The number of rotatable bonds is 8. The molecule has 0 bridgehead atoms.